The highest BCUT2D eigenvalue weighted by molar-refractivity contribution is 7.92. The third kappa shape index (κ3) is 5.89. The molecule has 1 aliphatic heterocycles. The van der Waals surface area contributed by atoms with Crippen molar-refractivity contribution in [2.24, 2.45) is 0 Å². The molecule has 0 spiro atoms. The highest BCUT2D eigenvalue weighted by Crippen LogP contribution is 2.32. The maximum atomic E-state index is 13.7. The Balaban J connectivity index is 1.55. The van der Waals surface area contributed by atoms with E-state index >= 15 is 0 Å². The standard InChI is InChI=1S/C26H28ClFN2O4S/c1-33-24-15-19(16-25(17-24)34-2)18-29-13-11-23(12-14-29)30(22-7-5-21(28)6-8-22)35(31,32)26-9-3-20(27)4-10-26/h3-10,15-17,23H,11-14,18H2,1-2H3. The summed E-state index contributed by atoms with van der Waals surface area (Å²) in [4.78, 5) is 2.43. The van der Waals surface area contributed by atoms with E-state index in [9.17, 15) is 12.8 Å². The van der Waals surface area contributed by atoms with Crippen molar-refractivity contribution in [2.45, 2.75) is 30.3 Å². The molecule has 0 saturated carbocycles. The fourth-order valence-electron chi connectivity index (χ4n) is 4.38. The molecule has 0 aromatic heterocycles. The van der Waals surface area contributed by atoms with Gasteiger partial charge in [0, 0.05) is 36.8 Å². The highest BCUT2D eigenvalue weighted by atomic mass is 35.5. The zero-order valence-electron chi connectivity index (χ0n) is 19.7. The minimum Gasteiger partial charge on any atom is -0.497 e. The number of halogens is 2. The van der Waals surface area contributed by atoms with E-state index in [4.69, 9.17) is 21.1 Å². The lowest BCUT2D eigenvalue weighted by Crippen LogP contribution is -2.47. The quantitative estimate of drug-likeness (QED) is 0.402. The maximum Gasteiger partial charge on any atom is 0.264 e. The van der Waals surface area contributed by atoms with Crippen LogP contribution in [0, 0.1) is 5.82 Å². The lowest BCUT2D eigenvalue weighted by Gasteiger charge is -2.39. The molecule has 0 unspecified atom stereocenters. The van der Waals surface area contributed by atoms with Crippen LogP contribution >= 0.6 is 11.6 Å². The van der Waals surface area contributed by atoms with Gasteiger partial charge in [-0.15, -0.1) is 0 Å². The topological polar surface area (TPSA) is 59.1 Å². The van der Waals surface area contributed by atoms with Crippen LogP contribution in [0.4, 0.5) is 10.1 Å². The van der Waals surface area contributed by atoms with Crippen LogP contribution in [0.3, 0.4) is 0 Å². The Labute approximate surface area is 210 Å². The van der Waals surface area contributed by atoms with Crippen LogP contribution in [-0.4, -0.2) is 46.7 Å². The summed E-state index contributed by atoms with van der Waals surface area (Å²) in [7, 11) is -0.637. The van der Waals surface area contributed by atoms with E-state index < -0.39 is 15.8 Å². The average Bonchev–Trinajstić information content (AvgIpc) is 2.86. The van der Waals surface area contributed by atoms with Gasteiger partial charge in [-0.25, -0.2) is 12.8 Å². The van der Waals surface area contributed by atoms with Crippen LogP contribution in [0.15, 0.2) is 71.6 Å². The van der Waals surface area contributed by atoms with Crippen LogP contribution in [0.5, 0.6) is 11.5 Å². The van der Waals surface area contributed by atoms with E-state index in [2.05, 4.69) is 4.90 Å². The van der Waals surface area contributed by atoms with Crippen molar-refractivity contribution >= 4 is 27.3 Å². The molecule has 3 aromatic carbocycles. The number of sulfonamides is 1. The molecule has 0 radical (unpaired) electrons. The Morgan fingerprint density at radius 2 is 1.51 bits per heavy atom. The van der Waals surface area contributed by atoms with Crippen LogP contribution in [0.25, 0.3) is 0 Å². The second-order valence-electron chi connectivity index (χ2n) is 8.46. The fraction of sp³-hybridized carbons (Fsp3) is 0.308. The molecule has 1 fully saturated rings. The summed E-state index contributed by atoms with van der Waals surface area (Å²) in [5.41, 5.74) is 1.50. The molecule has 9 heteroatoms. The van der Waals surface area contributed by atoms with E-state index in [-0.39, 0.29) is 10.9 Å². The second-order valence-corrected chi connectivity index (χ2v) is 10.7. The predicted octanol–water partition coefficient (Wildman–Crippen LogP) is 5.36. The molecule has 1 heterocycles. The van der Waals surface area contributed by atoms with Gasteiger partial charge in [-0.1, -0.05) is 11.6 Å². The van der Waals surface area contributed by atoms with Gasteiger partial charge in [0.05, 0.1) is 24.8 Å². The zero-order valence-corrected chi connectivity index (χ0v) is 21.2. The SMILES string of the molecule is COc1cc(CN2CCC(N(c3ccc(F)cc3)S(=O)(=O)c3ccc(Cl)cc3)CC2)cc(OC)c1. The smallest absolute Gasteiger partial charge is 0.264 e. The van der Waals surface area contributed by atoms with Crippen molar-refractivity contribution in [3.05, 3.63) is 83.1 Å². The van der Waals surface area contributed by atoms with Gasteiger partial charge in [-0.2, -0.15) is 0 Å². The van der Waals surface area contributed by atoms with E-state index in [1.165, 1.54) is 40.7 Å². The molecule has 0 bridgehead atoms. The molecule has 186 valence electrons. The van der Waals surface area contributed by atoms with Crippen molar-refractivity contribution in [1.29, 1.82) is 0 Å². The molecule has 1 saturated heterocycles. The van der Waals surface area contributed by atoms with Crippen LogP contribution < -0.4 is 13.8 Å². The first kappa shape index (κ1) is 25.3. The first-order chi connectivity index (χ1) is 16.8. The molecule has 35 heavy (non-hydrogen) atoms. The third-order valence-corrected chi connectivity index (χ3v) is 8.30. The molecule has 0 aliphatic carbocycles. The number of rotatable bonds is 8. The number of hydrogen-bond acceptors (Lipinski definition) is 5. The molecule has 1 aliphatic rings. The van der Waals surface area contributed by atoms with Crippen LogP contribution in [-0.2, 0) is 16.6 Å². The lowest BCUT2D eigenvalue weighted by atomic mass is 10.0. The Bertz CT molecular complexity index is 1220. The number of hydrogen-bond donors (Lipinski definition) is 0. The lowest BCUT2D eigenvalue weighted by molar-refractivity contribution is 0.206. The number of nitrogens with zero attached hydrogens (tertiary/aromatic N) is 2. The Morgan fingerprint density at radius 1 is 0.943 bits per heavy atom. The summed E-state index contributed by atoms with van der Waals surface area (Å²) in [5.74, 6) is 1.04. The zero-order chi connectivity index (χ0) is 25.0. The minimum absolute atomic E-state index is 0.150. The molecular formula is C26H28ClFN2O4S. The molecule has 0 atom stereocenters. The van der Waals surface area contributed by atoms with Crippen molar-refractivity contribution in [1.82, 2.24) is 4.90 Å². The van der Waals surface area contributed by atoms with Gasteiger partial charge in [0.1, 0.15) is 17.3 Å². The summed E-state index contributed by atoms with van der Waals surface area (Å²) < 4.78 is 53.2. The average molecular weight is 519 g/mol. The van der Waals surface area contributed by atoms with Gasteiger partial charge in [0.25, 0.3) is 10.0 Å². The minimum atomic E-state index is -3.88. The van der Waals surface area contributed by atoms with Crippen LogP contribution in [0.1, 0.15) is 18.4 Å². The number of methoxy groups -OCH3 is 2. The third-order valence-electron chi connectivity index (χ3n) is 6.16. The molecule has 0 N–H and O–H groups in total. The number of likely N-dealkylation sites (tertiary alicyclic amines) is 1. The van der Waals surface area contributed by atoms with Gasteiger partial charge >= 0.3 is 0 Å². The number of piperidine rings is 1. The first-order valence-electron chi connectivity index (χ1n) is 11.3. The van der Waals surface area contributed by atoms with Crippen molar-refractivity contribution in [3.63, 3.8) is 0 Å². The summed E-state index contributed by atoms with van der Waals surface area (Å²) in [6.07, 6.45) is 1.26. The summed E-state index contributed by atoms with van der Waals surface area (Å²) in [6.45, 7) is 2.11. The number of benzene rings is 3. The predicted molar refractivity (Wildman–Crippen MR) is 135 cm³/mol. The van der Waals surface area contributed by atoms with Crippen LogP contribution in [0.2, 0.25) is 5.02 Å². The highest BCUT2D eigenvalue weighted by Gasteiger charge is 2.34. The van der Waals surface area contributed by atoms with Gasteiger partial charge in [-0.05, 0) is 79.1 Å². The Hall–Kier alpha value is -2.81. The monoisotopic (exact) mass is 518 g/mol. The molecule has 6 nitrogen and oxygen atoms in total. The van der Waals surface area contributed by atoms with Crippen molar-refractivity contribution in [2.75, 3.05) is 31.6 Å². The molecule has 0 amide bonds. The van der Waals surface area contributed by atoms with E-state index in [1.54, 1.807) is 26.4 Å². The van der Waals surface area contributed by atoms with Gasteiger partial charge < -0.3 is 9.47 Å². The fourth-order valence-corrected chi connectivity index (χ4v) is 6.22. The van der Waals surface area contributed by atoms with Crippen molar-refractivity contribution < 1.29 is 22.3 Å². The van der Waals surface area contributed by atoms with Crippen molar-refractivity contribution in [3.8, 4) is 11.5 Å². The van der Waals surface area contributed by atoms with E-state index in [0.29, 0.717) is 43.2 Å². The Morgan fingerprint density at radius 3 is 2.06 bits per heavy atom. The summed E-state index contributed by atoms with van der Waals surface area (Å²) >= 11 is 5.97. The molecule has 4 rings (SSSR count). The Kier molecular flexibility index (Phi) is 7.84. The second kappa shape index (κ2) is 10.8. The summed E-state index contributed by atoms with van der Waals surface area (Å²) in [6, 6.07) is 17.2. The van der Waals surface area contributed by atoms with Gasteiger partial charge in [0.2, 0.25) is 0 Å². The number of anilines is 1. The maximum absolute atomic E-state index is 13.7. The normalized spacial score (nSPS) is 15.1. The van der Waals surface area contributed by atoms with Gasteiger partial charge in [0.15, 0.2) is 0 Å². The molecule has 3 aromatic rings. The largest absolute Gasteiger partial charge is 0.497 e. The van der Waals surface area contributed by atoms with E-state index in [1.807, 2.05) is 18.2 Å². The van der Waals surface area contributed by atoms with E-state index in [0.717, 1.165) is 17.1 Å². The summed E-state index contributed by atoms with van der Waals surface area (Å²) in [5, 5.41) is 0.458. The van der Waals surface area contributed by atoms with Gasteiger partial charge in [-0.3, -0.25) is 9.21 Å². The molecular weight excluding hydrogens is 491 g/mol. The first-order valence-corrected chi connectivity index (χ1v) is 13.1. The number of ether oxygens (including phenoxy) is 2.